The van der Waals surface area contributed by atoms with Crippen LogP contribution in [0.5, 0.6) is 0 Å². The third-order valence-corrected chi connectivity index (χ3v) is 11.6. The van der Waals surface area contributed by atoms with E-state index in [1.807, 2.05) is 19.9 Å². The van der Waals surface area contributed by atoms with Gasteiger partial charge in [-0.3, -0.25) is 9.59 Å². The molecule has 0 unspecified atom stereocenters. The summed E-state index contributed by atoms with van der Waals surface area (Å²) in [7, 11) is 0. The van der Waals surface area contributed by atoms with Gasteiger partial charge in [0.05, 0.1) is 19.0 Å². The maximum Gasteiger partial charge on any atom is 0.350 e. The standard InChI is InChI=1S/C39H51N3O6/c1-4-26-13-14-32(41-5-2)27(19-26)24-47-36(46)39-35(45)31-12-8-7-11-30(31)34(44)38(39,48-39)22-28(23-43)25(3)21-37(16-9-6-10-17-37)29-15-18-42-33(40)20-29/h7-8,11-15,20,26-27,32,41-43H,4-6,9-10,16-19,21-24,40H2,1-3H3/b28-25-/t26-,27+,32-,38+,39+/m1/s1. The second kappa shape index (κ2) is 13.8. The molecule has 3 aliphatic carbocycles. The number of dihydropyridines is 1. The Morgan fingerprint density at radius 3 is 2.48 bits per heavy atom. The summed E-state index contributed by atoms with van der Waals surface area (Å²) >= 11 is 0. The lowest BCUT2D eigenvalue weighted by atomic mass is 9.64. The summed E-state index contributed by atoms with van der Waals surface area (Å²) in [6.07, 6.45) is 16.4. The van der Waals surface area contributed by atoms with E-state index in [1.165, 1.54) is 12.0 Å². The van der Waals surface area contributed by atoms with Gasteiger partial charge in [-0.2, -0.15) is 0 Å². The number of epoxide rings is 1. The van der Waals surface area contributed by atoms with E-state index in [1.54, 1.807) is 24.3 Å². The van der Waals surface area contributed by atoms with Crippen LogP contribution in [0.3, 0.4) is 0 Å². The van der Waals surface area contributed by atoms with Crippen molar-refractivity contribution in [2.45, 2.75) is 95.8 Å². The van der Waals surface area contributed by atoms with Crippen LogP contribution in [0, 0.1) is 17.3 Å². The Balaban J connectivity index is 1.31. The number of benzene rings is 1. The zero-order valence-corrected chi connectivity index (χ0v) is 28.6. The highest BCUT2D eigenvalue weighted by atomic mass is 16.7. The molecule has 2 fully saturated rings. The number of ketones is 2. The number of hydrogen-bond donors (Lipinski definition) is 4. The number of nitrogens with one attached hydrogen (secondary N) is 2. The molecule has 9 heteroatoms. The molecule has 1 saturated heterocycles. The van der Waals surface area contributed by atoms with E-state index in [-0.39, 0.29) is 48.1 Å². The fourth-order valence-corrected chi connectivity index (χ4v) is 8.77. The summed E-state index contributed by atoms with van der Waals surface area (Å²) in [4.78, 5) is 42.7. The molecule has 0 aromatic heterocycles. The number of esters is 1. The molecule has 5 aliphatic rings. The van der Waals surface area contributed by atoms with Gasteiger partial charge < -0.3 is 30.9 Å². The Kier molecular flexibility index (Phi) is 9.85. The van der Waals surface area contributed by atoms with Crippen LogP contribution in [-0.4, -0.2) is 66.2 Å². The highest BCUT2D eigenvalue weighted by Gasteiger charge is 2.85. The van der Waals surface area contributed by atoms with Gasteiger partial charge in [-0.05, 0) is 74.1 Å². The van der Waals surface area contributed by atoms with Crippen molar-refractivity contribution in [1.82, 2.24) is 10.6 Å². The summed E-state index contributed by atoms with van der Waals surface area (Å²) in [6, 6.07) is 6.61. The van der Waals surface area contributed by atoms with Gasteiger partial charge in [-0.1, -0.05) is 81.2 Å². The second-order valence-electron chi connectivity index (χ2n) is 14.4. The second-order valence-corrected chi connectivity index (χ2v) is 14.4. The highest BCUT2D eigenvalue weighted by Crippen LogP contribution is 2.60. The molecule has 2 heterocycles. The zero-order valence-electron chi connectivity index (χ0n) is 28.6. The maximum absolute atomic E-state index is 14.3. The molecule has 9 nitrogen and oxygen atoms in total. The number of hydrogen-bond acceptors (Lipinski definition) is 9. The number of likely N-dealkylation sites (N-methyl/N-ethyl adjacent to an activating group) is 1. The number of allylic oxidation sites excluding steroid dienone is 4. The lowest BCUT2D eigenvalue weighted by Crippen LogP contribution is -2.51. The maximum atomic E-state index is 14.3. The third-order valence-electron chi connectivity index (χ3n) is 11.6. The van der Waals surface area contributed by atoms with E-state index >= 15 is 0 Å². The number of carbonyl (C=O) groups is 3. The molecule has 5 N–H and O–H groups in total. The Bertz CT molecular complexity index is 1570. The van der Waals surface area contributed by atoms with Crippen LogP contribution in [-0.2, 0) is 14.3 Å². The summed E-state index contributed by atoms with van der Waals surface area (Å²) in [5, 5.41) is 17.4. The van der Waals surface area contributed by atoms with Gasteiger partial charge in [0.2, 0.25) is 5.78 Å². The molecular formula is C39H51N3O6. The van der Waals surface area contributed by atoms with E-state index in [0.717, 1.165) is 50.6 Å². The Labute approximate surface area is 284 Å². The van der Waals surface area contributed by atoms with Gasteiger partial charge in [0.15, 0.2) is 11.4 Å². The minimum atomic E-state index is -2.08. The Hall–Kier alpha value is -3.53. The van der Waals surface area contributed by atoms with E-state index in [0.29, 0.717) is 30.3 Å². The van der Waals surface area contributed by atoms with Crippen molar-refractivity contribution in [3.63, 3.8) is 0 Å². The first kappa shape index (κ1) is 34.3. The monoisotopic (exact) mass is 657 g/mol. The minimum absolute atomic E-state index is 0.0179. The van der Waals surface area contributed by atoms with Crippen LogP contribution in [0.25, 0.3) is 0 Å². The highest BCUT2D eigenvalue weighted by molar-refractivity contribution is 6.32. The fraction of sp³-hybridized carbons (Fsp3) is 0.564. The first-order chi connectivity index (χ1) is 23.1. The number of fused-ring (bicyclic) bond motifs is 2. The smallest absolute Gasteiger partial charge is 0.350 e. The molecular weight excluding hydrogens is 606 g/mol. The SMILES string of the molecule is CCN[C@@H]1C=C[C@@H](CC)C[C@H]1COC(=O)[C@]12O[C@@]1(C/C(CO)=C(\C)CC1(C3=CCNC(N)=C3)CCCCC1)C(=O)c1ccccc1C2=O. The van der Waals surface area contributed by atoms with Crippen molar-refractivity contribution >= 4 is 17.5 Å². The van der Waals surface area contributed by atoms with Crippen molar-refractivity contribution < 1.29 is 29.0 Å². The Morgan fingerprint density at radius 2 is 1.81 bits per heavy atom. The average molecular weight is 658 g/mol. The number of carbonyl (C=O) groups excluding carboxylic acids is 3. The van der Waals surface area contributed by atoms with Gasteiger partial charge in [0.1, 0.15) is 0 Å². The van der Waals surface area contributed by atoms with E-state index < -0.39 is 28.7 Å². The first-order valence-electron chi connectivity index (χ1n) is 17.8. The van der Waals surface area contributed by atoms with Crippen molar-refractivity contribution in [3.05, 3.63) is 82.2 Å². The molecule has 1 aromatic carbocycles. The van der Waals surface area contributed by atoms with Crippen LogP contribution < -0.4 is 16.4 Å². The lowest BCUT2D eigenvalue weighted by molar-refractivity contribution is -0.149. The molecule has 0 amide bonds. The van der Waals surface area contributed by atoms with Crippen LogP contribution in [0.4, 0.5) is 0 Å². The normalized spacial score (nSPS) is 31.0. The average Bonchev–Trinajstić information content (AvgIpc) is 3.81. The van der Waals surface area contributed by atoms with Crippen molar-refractivity contribution in [2.75, 3.05) is 26.3 Å². The van der Waals surface area contributed by atoms with Crippen molar-refractivity contribution in [2.24, 2.45) is 23.0 Å². The third kappa shape index (κ3) is 5.88. The van der Waals surface area contributed by atoms with Crippen molar-refractivity contribution in [1.29, 1.82) is 0 Å². The van der Waals surface area contributed by atoms with Gasteiger partial charge in [-0.15, -0.1) is 0 Å². The summed E-state index contributed by atoms with van der Waals surface area (Å²) in [6.45, 7) is 7.38. The number of Topliss-reactive ketones (excluding diaryl/α,β-unsaturated/α-hetero) is 2. The number of ether oxygens (including phenoxy) is 2. The zero-order chi connectivity index (χ0) is 34.1. The predicted molar refractivity (Wildman–Crippen MR) is 184 cm³/mol. The minimum Gasteiger partial charge on any atom is -0.463 e. The van der Waals surface area contributed by atoms with E-state index in [9.17, 15) is 19.5 Å². The molecule has 48 heavy (non-hydrogen) atoms. The molecule has 0 bridgehead atoms. The number of rotatable bonds is 12. The van der Waals surface area contributed by atoms with Gasteiger partial charge in [-0.25, -0.2) is 4.79 Å². The van der Waals surface area contributed by atoms with Gasteiger partial charge >= 0.3 is 5.97 Å². The first-order valence-corrected chi connectivity index (χ1v) is 17.8. The van der Waals surface area contributed by atoms with Crippen LogP contribution in [0.1, 0.15) is 99.3 Å². The molecule has 2 aliphatic heterocycles. The van der Waals surface area contributed by atoms with Crippen LogP contribution in [0.15, 0.2) is 71.1 Å². The van der Waals surface area contributed by atoms with Gasteiger partial charge in [0.25, 0.3) is 5.60 Å². The molecule has 5 atom stereocenters. The fourth-order valence-electron chi connectivity index (χ4n) is 8.77. The van der Waals surface area contributed by atoms with Crippen molar-refractivity contribution in [3.8, 4) is 0 Å². The largest absolute Gasteiger partial charge is 0.463 e. The topological polar surface area (TPSA) is 143 Å². The van der Waals surface area contributed by atoms with Crippen LogP contribution in [0.2, 0.25) is 0 Å². The molecule has 258 valence electrons. The molecule has 0 spiro atoms. The predicted octanol–water partition coefficient (Wildman–Crippen LogP) is 5.07. The summed E-state index contributed by atoms with van der Waals surface area (Å²) < 4.78 is 12.2. The lowest BCUT2D eigenvalue weighted by Gasteiger charge is -2.41. The summed E-state index contributed by atoms with van der Waals surface area (Å²) in [5.41, 5.74) is 5.33. The quantitative estimate of drug-likeness (QED) is 0.105. The van der Waals surface area contributed by atoms with E-state index in [2.05, 4.69) is 35.8 Å². The van der Waals surface area contributed by atoms with Gasteiger partial charge in [0, 0.05) is 36.1 Å². The van der Waals surface area contributed by atoms with Crippen LogP contribution >= 0.6 is 0 Å². The number of aliphatic hydroxyl groups is 1. The summed E-state index contributed by atoms with van der Waals surface area (Å²) in [5.74, 6) is -0.763. The van der Waals surface area contributed by atoms with E-state index in [4.69, 9.17) is 15.2 Å². The molecule has 1 aromatic rings. The number of nitrogens with two attached hydrogens (primary N) is 1. The molecule has 0 radical (unpaired) electrons. The Morgan fingerprint density at radius 1 is 1.08 bits per heavy atom. The number of aliphatic hydroxyl groups excluding tert-OH is 1. The molecule has 6 rings (SSSR count). The molecule has 1 saturated carbocycles.